The van der Waals surface area contributed by atoms with Gasteiger partial charge in [-0.05, 0) is 43.4 Å². The number of hydrogen-bond donors (Lipinski definition) is 1. The minimum atomic E-state index is -0.429. The molecule has 0 fully saturated rings. The van der Waals surface area contributed by atoms with Gasteiger partial charge in [0, 0.05) is 22.0 Å². The lowest BCUT2D eigenvalue weighted by Gasteiger charge is -2.19. The number of esters is 1. The molecule has 2 aliphatic rings. The van der Waals surface area contributed by atoms with Crippen molar-refractivity contribution in [1.82, 2.24) is 0 Å². The number of amides is 1. The molecule has 2 aromatic rings. The zero-order valence-corrected chi connectivity index (χ0v) is 15.0. The van der Waals surface area contributed by atoms with Gasteiger partial charge in [-0.15, -0.1) is 11.3 Å². The standard InChI is InChI=1S/C19H19NO5S/c21-18(20-12-5-6-15-16(9-12)24-8-7-23-15)10-25-19(22)14-11-26-17-4-2-1-3-13(14)17/h5-6,9,11H,1-4,7-8,10H2,(H,20,21). The molecule has 0 radical (unpaired) electrons. The van der Waals surface area contributed by atoms with E-state index < -0.39 is 5.97 Å². The lowest BCUT2D eigenvalue weighted by molar-refractivity contribution is -0.119. The van der Waals surface area contributed by atoms with Crippen molar-refractivity contribution in [2.45, 2.75) is 25.7 Å². The lowest BCUT2D eigenvalue weighted by atomic mass is 9.96. The molecule has 1 aliphatic heterocycles. The summed E-state index contributed by atoms with van der Waals surface area (Å²) in [5.74, 6) is 0.430. The number of thiophene rings is 1. The van der Waals surface area contributed by atoms with Crippen LogP contribution in [0.5, 0.6) is 11.5 Å². The number of aryl methyl sites for hydroxylation is 1. The lowest BCUT2D eigenvalue weighted by Crippen LogP contribution is -2.21. The zero-order valence-electron chi connectivity index (χ0n) is 14.2. The van der Waals surface area contributed by atoms with Crippen molar-refractivity contribution in [3.05, 3.63) is 39.6 Å². The van der Waals surface area contributed by atoms with Crippen molar-refractivity contribution in [2.24, 2.45) is 0 Å². The number of rotatable bonds is 4. The molecule has 1 aromatic carbocycles. The Morgan fingerprint density at radius 3 is 2.81 bits per heavy atom. The van der Waals surface area contributed by atoms with Crippen molar-refractivity contribution < 1.29 is 23.8 Å². The van der Waals surface area contributed by atoms with Gasteiger partial charge in [0.15, 0.2) is 18.1 Å². The quantitative estimate of drug-likeness (QED) is 0.833. The van der Waals surface area contributed by atoms with Gasteiger partial charge in [-0.2, -0.15) is 0 Å². The SMILES string of the molecule is O=C(COC(=O)c1csc2c1CCCC2)Nc1ccc2c(c1)OCCO2. The maximum absolute atomic E-state index is 12.3. The van der Waals surface area contributed by atoms with Crippen molar-refractivity contribution in [2.75, 3.05) is 25.1 Å². The van der Waals surface area contributed by atoms with Gasteiger partial charge < -0.3 is 19.5 Å². The Labute approximate surface area is 155 Å². The van der Waals surface area contributed by atoms with Crippen LogP contribution in [0.25, 0.3) is 0 Å². The summed E-state index contributed by atoms with van der Waals surface area (Å²) in [6.45, 7) is 0.672. The van der Waals surface area contributed by atoms with Gasteiger partial charge in [0.1, 0.15) is 13.2 Å². The van der Waals surface area contributed by atoms with E-state index in [4.69, 9.17) is 14.2 Å². The Balaban J connectivity index is 1.34. The van der Waals surface area contributed by atoms with Crippen LogP contribution in [0.3, 0.4) is 0 Å². The van der Waals surface area contributed by atoms with Crippen LogP contribution in [0.15, 0.2) is 23.6 Å². The topological polar surface area (TPSA) is 73.9 Å². The molecular weight excluding hydrogens is 354 g/mol. The molecule has 0 unspecified atom stereocenters. The summed E-state index contributed by atoms with van der Waals surface area (Å²) in [5, 5.41) is 4.55. The summed E-state index contributed by atoms with van der Waals surface area (Å²) < 4.78 is 16.1. The van der Waals surface area contributed by atoms with E-state index >= 15 is 0 Å². The Morgan fingerprint density at radius 1 is 1.12 bits per heavy atom. The fourth-order valence-corrected chi connectivity index (χ4v) is 4.31. The fourth-order valence-electron chi connectivity index (χ4n) is 3.19. The van der Waals surface area contributed by atoms with Crippen LogP contribution in [-0.4, -0.2) is 31.7 Å². The first-order valence-corrected chi connectivity index (χ1v) is 9.54. The highest BCUT2D eigenvalue weighted by Crippen LogP contribution is 2.33. The summed E-state index contributed by atoms with van der Waals surface area (Å²) in [4.78, 5) is 25.6. The first-order chi connectivity index (χ1) is 12.7. The molecule has 1 amide bonds. The minimum absolute atomic E-state index is 0.322. The highest BCUT2D eigenvalue weighted by molar-refractivity contribution is 7.10. The molecular formula is C19H19NO5S. The highest BCUT2D eigenvalue weighted by atomic mass is 32.1. The molecule has 0 spiro atoms. The Hall–Kier alpha value is -2.54. The summed E-state index contributed by atoms with van der Waals surface area (Å²) >= 11 is 1.60. The normalized spacial score (nSPS) is 15.1. The highest BCUT2D eigenvalue weighted by Gasteiger charge is 2.22. The van der Waals surface area contributed by atoms with Gasteiger partial charge in [-0.25, -0.2) is 4.79 Å². The van der Waals surface area contributed by atoms with Crippen LogP contribution in [0.4, 0.5) is 5.69 Å². The predicted molar refractivity (Wildman–Crippen MR) is 97.3 cm³/mol. The monoisotopic (exact) mass is 373 g/mol. The van der Waals surface area contributed by atoms with E-state index in [1.807, 2.05) is 5.38 Å². The van der Waals surface area contributed by atoms with Crippen LogP contribution < -0.4 is 14.8 Å². The third-order valence-electron chi connectivity index (χ3n) is 4.44. The number of hydrogen-bond acceptors (Lipinski definition) is 6. The number of nitrogens with one attached hydrogen (secondary N) is 1. The van der Waals surface area contributed by atoms with E-state index in [-0.39, 0.29) is 12.5 Å². The second kappa shape index (κ2) is 7.37. The van der Waals surface area contributed by atoms with Crippen LogP contribution in [-0.2, 0) is 22.4 Å². The zero-order chi connectivity index (χ0) is 17.9. The summed E-state index contributed by atoms with van der Waals surface area (Å²) in [5.41, 5.74) is 2.28. The number of carbonyl (C=O) groups is 2. The van der Waals surface area contributed by atoms with Gasteiger partial charge in [0.05, 0.1) is 5.56 Å². The summed E-state index contributed by atoms with van der Waals surface area (Å²) in [6, 6.07) is 5.17. The predicted octanol–water partition coefficient (Wildman–Crippen LogP) is 3.19. The van der Waals surface area contributed by atoms with E-state index in [1.165, 1.54) is 11.3 Å². The molecule has 0 atom stereocenters. The van der Waals surface area contributed by atoms with Gasteiger partial charge in [0.2, 0.25) is 0 Å². The van der Waals surface area contributed by atoms with E-state index in [0.29, 0.717) is 36.0 Å². The van der Waals surface area contributed by atoms with Crippen molar-refractivity contribution in [3.63, 3.8) is 0 Å². The van der Waals surface area contributed by atoms with E-state index in [2.05, 4.69) is 5.32 Å². The molecule has 0 saturated carbocycles. The van der Waals surface area contributed by atoms with Gasteiger partial charge >= 0.3 is 5.97 Å². The summed E-state index contributed by atoms with van der Waals surface area (Å²) in [7, 11) is 0. The Bertz CT molecular complexity index is 844. The Kier molecular flexibility index (Phi) is 4.79. The second-order valence-corrected chi connectivity index (χ2v) is 7.21. The van der Waals surface area contributed by atoms with Crippen LogP contribution in [0.2, 0.25) is 0 Å². The van der Waals surface area contributed by atoms with E-state index in [1.54, 1.807) is 29.5 Å². The van der Waals surface area contributed by atoms with Gasteiger partial charge in [-0.1, -0.05) is 0 Å². The van der Waals surface area contributed by atoms with Crippen LogP contribution >= 0.6 is 11.3 Å². The average molecular weight is 373 g/mol. The molecule has 1 N–H and O–H groups in total. The molecule has 1 aromatic heterocycles. The number of fused-ring (bicyclic) bond motifs is 2. The van der Waals surface area contributed by atoms with E-state index in [9.17, 15) is 9.59 Å². The van der Waals surface area contributed by atoms with Crippen molar-refractivity contribution >= 4 is 28.9 Å². The maximum atomic E-state index is 12.3. The molecule has 4 rings (SSSR count). The third-order valence-corrected chi connectivity index (χ3v) is 5.53. The largest absolute Gasteiger partial charge is 0.486 e. The molecule has 2 heterocycles. The van der Waals surface area contributed by atoms with Crippen molar-refractivity contribution in [1.29, 1.82) is 0 Å². The average Bonchev–Trinajstić information content (AvgIpc) is 3.10. The molecule has 7 heteroatoms. The third kappa shape index (κ3) is 3.53. The summed E-state index contributed by atoms with van der Waals surface area (Å²) in [6.07, 6.45) is 4.19. The molecule has 1 aliphatic carbocycles. The molecule has 26 heavy (non-hydrogen) atoms. The number of benzene rings is 1. The number of carbonyl (C=O) groups excluding carboxylic acids is 2. The van der Waals surface area contributed by atoms with E-state index in [0.717, 1.165) is 24.8 Å². The van der Waals surface area contributed by atoms with Gasteiger partial charge in [0.25, 0.3) is 5.91 Å². The second-order valence-electron chi connectivity index (χ2n) is 6.24. The molecule has 0 saturated heterocycles. The smallest absolute Gasteiger partial charge is 0.339 e. The first kappa shape index (κ1) is 16.9. The maximum Gasteiger partial charge on any atom is 0.339 e. The minimum Gasteiger partial charge on any atom is -0.486 e. The van der Waals surface area contributed by atoms with Crippen molar-refractivity contribution in [3.8, 4) is 11.5 Å². The fraction of sp³-hybridized carbons (Fsp3) is 0.368. The number of anilines is 1. The molecule has 0 bridgehead atoms. The Morgan fingerprint density at radius 2 is 1.92 bits per heavy atom. The van der Waals surface area contributed by atoms with Gasteiger partial charge in [-0.3, -0.25) is 4.79 Å². The van der Waals surface area contributed by atoms with Crippen LogP contribution in [0, 0.1) is 0 Å². The number of ether oxygens (including phenoxy) is 3. The molecule has 136 valence electrons. The molecule has 6 nitrogen and oxygen atoms in total. The van der Waals surface area contributed by atoms with Crippen LogP contribution in [0.1, 0.15) is 33.6 Å². The first-order valence-electron chi connectivity index (χ1n) is 8.66.